The van der Waals surface area contributed by atoms with Crippen LogP contribution in [0.3, 0.4) is 0 Å². The van der Waals surface area contributed by atoms with Gasteiger partial charge in [-0.3, -0.25) is 0 Å². The van der Waals surface area contributed by atoms with E-state index in [9.17, 15) is 13.5 Å². The molecule has 0 aromatic heterocycles. The molecule has 1 aromatic rings. The summed E-state index contributed by atoms with van der Waals surface area (Å²) in [5.74, 6) is 0.591. The molecule has 0 aliphatic carbocycles. The lowest BCUT2D eigenvalue weighted by atomic mass is 9.95. The standard InChI is InChI=1S/C14H19NO5S/c1-10-8-15(9-14(10,2)16)21(17,18)12-5-3-4-11-13(12)20-7-6-19-11/h3-5,10,16H,6-9H2,1-2H3/t10-,14+/m1/s1. The van der Waals surface area contributed by atoms with Crippen molar-refractivity contribution in [3.63, 3.8) is 0 Å². The number of rotatable bonds is 2. The highest BCUT2D eigenvalue weighted by molar-refractivity contribution is 7.89. The Kier molecular flexibility index (Phi) is 3.38. The number of ether oxygens (including phenoxy) is 2. The van der Waals surface area contributed by atoms with E-state index in [2.05, 4.69) is 0 Å². The van der Waals surface area contributed by atoms with Crippen LogP contribution in [-0.2, 0) is 10.0 Å². The van der Waals surface area contributed by atoms with E-state index < -0.39 is 15.6 Å². The van der Waals surface area contributed by atoms with E-state index in [1.807, 2.05) is 6.92 Å². The van der Waals surface area contributed by atoms with Crippen molar-refractivity contribution in [2.75, 3.05) is 26.3 Å². The normalized spacial score (nSPS) is 29.6. The van der Waals surface area contributed by atoms with Crippen LogP contribution in [-0.4, -0.2) is 49.7 Å². The van der Waals surface area contributed by atoms with Gasteiger partial charge in [0.25, 0.3) is 0 Å². The Bertz CT molecular complexity index is 655. The Morgan fingerprint density at radius 3 is 2.71 bits per heavy atom. The van der Waals surface area contributed by atoms with Gasteiger partial charge in [-0.2, -0.15) is 4.31 Å². The zero-order valence-electron chi connectivity index (χ0n) is 12.1. The minimum Gasteiger partial charge on any atom is -0.486 e. The quantitative estimate of drug-likeness (QED) is 0.876. The highest BCUT2D eigenvalue weighted by Crippen LogP contribution is 2.39. The molecule has 0 bridgehead atoms. The monoisotopic (exact) mass is 313 g/mol. The molecule has 0 spiro atoms. The van der Waals surface area contributed by atoms with Gasteiger partial charge in [0.1, 0.15) is 18.1 Å². The van der Waals surface area contributed by atoms with Gasteiger partial charge in [-0.1, -0.05) is 13.0 Å². The Labute approximate surface area is 124 Å². The zero-order valence-corrected chi connectivity index (χ0v) is 12.9. The van der Waals surface area contributed by atoms with Gasteiger partial charge >= 0.3 is 0 Å². The van der Waals surface area contributed by atoms with Crippen LogP contribution in [0.15, 0.2) is 23.1 Å². The summed E-state index contributed by atoms with van der Waals surface area (Å²) in [6.07, 6.45) is 0. The Morgan fingerprint density at radius 2 is 2.05 bits per heavy atom. The van der Waals surface area contributed by atoms with Gasteiger partial charge in [0.2, 0.25) is 10.0 Å². The Balaban J connectivity index is 2.00. The fourth-order valence-electron chi connectivity index (χ4n) is 2.65. The summed E-state index contributed by atoms with van der Waals surface area (Å²) in [5, 5.41) is 10.2. The van der Waals surface area contributed by atoms with Crippen molar-refractivity contribution in [1.82, 2.24) is 4.31 Å². The van der Waals surface area contributed by atoms with Crippen LogP contribution < -0.4 is 9.47 Å². The van der Waals surface area contributed by atoms with Crippen LogP contribution in [0.5, 0.6) is 11.5 Å². The van der Waals surface area contributed by atoms with E-state index in [-0.39, 0.29) is 23.1 Å². The molecule has 0 saturated carbocycles. The summed E-state index contributed by atoms with van der Waals surface area (Å²) in [7, 11) is -3.72. The van der Waals surface area contributed by atoms with Crippen molar-refractivity contribution in [3.8, 4) is 11.5 Å². The first-order valence-corrected chi connectivity index (χ1v) is 8.37. The molecule has 7 heteroatoms. The summed E-state index contributed by atoms with van der Waals surface area (Å²) in [6.45, 7) is 4.61. The van der Waals surface area contributed by atoms with Crippen molar-refractivity contribution in [1.29, 1.82) is 0 Å². The van der Waals surface area contributed by atoms with Crippen LogP contribution in [0.25, 0.3) is 0 Å². The second kappa shape index (κ2) is 4.86. The number of hydrogen-bond acceptors (Lipinski definition) is 5. The fraction of sp³-hybridized carbons (Fsp3) is 0.571. The van der Waals surface area contributed by atoms with Crippen molar-refractivity contribution in [2.45, 2.75) is 24.3 Å². The summed E-state index contributed by atoms with van der Waals surface area (Å²) in [4.78, 5) is 0.101. The Morgan fingerprint density at radius 1 is 1.33 bits per heavy atom. The topological polar surface area (TPSA) is 76.1 Å². The van der Waals surface area contributed by atoms with Gasteiger partial charge in [-0.25, -0.2) is 8.42 Å². The first kappa shape index (κ1) is 14.6. The third-order valence-corrected chi connectivity index (χ3v) is 6.02. The van der Waals surface area contributed by atoms with Crippen molar-refractivity contribution in [2.24, 2.45) is 5.92 Å². The maximum Gasteiger partial charge on any atom is 0.247 e. The number of sulfonamides is 1. The predicted octanol–water partition coefficient (Wildman–Crippen LogP) is 0.849. The molecule has 0 unspecified atom stereocenters. The van der Waals surface area contributed by atoms with Gasteiger partial charge in [-0.05, 0) is 25.0 Å². The average Bonchev–Trinajstić information content (AvgIpc) is 2.73. The molecule has 2 aliphatic heterocycles. The lowest BCUT2D eigenvalue weighted by molar-refractivity contribution is 0.0404. The molecule has 6 nitrogen and oxygen atoms in total. The van der Waals surface area contributed by atoms with E-state index in [4.69, 9.17) is 9.47 Å². The molecule has 0 amide bonds. The number of hydrogen-bond donors (Lipinski definition) is 1. The van der Waals surface area contributed by atoms with E-state index in [1.54, 1.807) is 19.1 Å². The first-order valence-electron chi connectivity index (χ1n) is 6.93. The first-order chi connectivity index (χ1) is 9.82. The highest BCUT2D eigenvalue weighted by Gasteiger charge is 2.44. The highest BCUT2D eigenvalue weighted by atomic mass is 32.2. The molecule has 1 N–H and O–H groups in total. The lowest BCUT2D eigenvalue weighted by Crippen LogP contribution is -2.35. The average molecular weight is 313 g/mol. The van der Waals surface area contributed by atoms with Crippen molar-refractivity contribution in [3.05, 3.63) is 18.2 Å². The molecule has 2 aliphatic rings. The summed E-state index contributed by atoms with van der Waals surface area (Å²) >= 11 is 0. The molecule has 21 heavy (non-hydrogen) atoms. The maximum atomic E-state index is 12.8. The second-order valence-electron chi connectivity index (χ2n) is 5.84. The van der Waals surface area contributed by atoms with Gasteiger partial charge in [0.15, 0.2) is 11.5 Å². The van der Waals surface area contributed by atoms with E-state index >= 15 is 0 Å². The van der Waals surface area contributed by atoms with Crippen LogP contribution in [0.4, 0.5) is 0 Å². The van der Waals surface area contributed by atoms with Crippen LogP contribution in [0.1, 0.15) is 13.8 Å². The molecule has 3 rings (SSSR count). The zero-order chi connectivity index (χ0) is 15.3. The van der Waals surface area contributed by atoms with Crippen LogP contribution >= 0.6 is 0 Å². The van der Waals surface area contributed by atoms with Crippen molar-refractivity contribution < 1.29 is 23.0 Å². The number of fused-ring (bicyclic) bond motifs is 1. The third-order valence-electron chi connectivity index (χ3n) is 4.18. The molecule has 1 aromatic carbocycles. The SMILES string of the molecule is C[C@@H]1CN(S(=O)(=O)c2cccc3c2OCCO3)C[C@]1(C)O. The van der Waals surface area contributed by atoms with Gasteiger partial charge in [-0.15, -0.1) is 0 Å². The summed E-state index contributed by atoms with van der Waals surface area (Å²) in [5.41, 5.74) is -1.01. The summed E-state index contributed by atoms with van der Waals surface area (Å²) in [6, 6.07) is 4.84. The number of nitrogens with zero attached hydrogens (tertiary/aromatic N) is 1. The fourth-order valence-corrected chi connectivity index (χ4v) is 4.43. The molecule has 0 radical (unpaired) electrons. The summed E-state index contributed by atoms with van der Waals surface area (Å²) < 4.78 is 37.9. The van der Waals surface area contributed by atoms with E-state index in [1.165, 1.54) is 10.4 Å². The van der Waals surface area contributed by atoms with Crippen LogP contribution in [0.2, 0.25) is 0 Å². The maximum absolute atomic E-state index is 12.8. The molecular weight excluding hydrogens is 294 g/mol. The second-order valence-corrected chi connectivity index (χ2v) is 7.74. The van der Waals surface area contributed by atoms with Crippen molar-refractivity contribution >= 4 is 10.0 Å². The third kappa shape index (κ3) is 2.39. The van der Waals surface area contributed by atoms with Gasteiger partial charge in [0.05, 0.1) is 5.60 Å². The van der Waals surface area contributed by atoms with Crippen LogP contribution in [0, 0.1) is 5.92 Å². The van der Waals surface area contributed by atoms with E-state index in [0.717, 1.165) is 0 Å². The predicted molar refractivity (Wildman–Crippen MR) is 76.0 cm³/mol. The minimum absolute atomic E-state index is 0.0843. The molecule has 1 fully saturated rings. The molecule has 2 heterocycles. The largest absolute Gasteiger partial charge is 0.486 e. The minimum atomic E-state index is -3.72. The van der Waals surface area contributed by atoms with Gasteiger partial charge in [0, 0.05) is 13.1 Å². The molecule has 2 atom stereocenters. The molecule has 1 saturated heterocycles. The smallest absolute Gasteiger partial charge is 0.247 e. The number of β-amino-alcohol motifs (C(OH)–C–C–N with tert-alkyl or cyclic N) is 1. The number of para-hydroxylation sites is 1. The Hall–Kier alpha value is -1.31. The van der Waals surface area contributed by atoms with E-state index in [0.29, 0.717) is 25.5 Å². The van der Waals surface area contributed by atoms with Gasteiger partial charge < -0.3 is 14.6 Å². The number of benzene rings is 1. The lowest BCUT2D eigenvalue weighted by Gasteiger charge is -2.24. The number of aliphatic hydroxyl groups is 1. The molecule has 116 valence electrons. The molecular formula is C14H19NO5S.